The van der Waals surface area contributed by atoms with Gasteiger partial charge in [-0.15, -0.1) is 24.0 Å². The van der Waals surface area contributed by atoms with E-state index in [0.29, 0.717) is 36.5 Å². The molecule has 0 saturated carbocycles. The van der Waals surface area contributed by atoms with Crippen LogP contribution in [-0.4, -0.2) is 47.0 Å². The van der Waals surface area contributed by atoms with E-state index in [1.165, 1.54) is 0 Å². The van der Waals surface area contributed by atoms with Crippen LogP contribution in [0.3, 0.4) is 0 Å². The fraction of sp³-hybridized carbons (Fsp3) is 0.562. The van der Waals surface area contributed by atoms with Crippen LogP contribution in [0.25, 0.3) is 0 Å². The summed E-state index contributed by atoms with van der Waals surface area (Å²) >= 11 is 0. The van der Waals surface area contributed by atoms with Crippen LogP contribution in [0.4, 0.5) is 5.69 Å². The summed E-state index contributed by atoms with van der Waals surface area (Å²) in [6, 6.07) is 5.62. The van der Waals surface area contributed by atoms with Crippen LogP contribution < -0.4 is 20.1 Å². The molecular weight excluding hydrogens is 409 g/mol. The van der Waals surface area contributed by atoms with Gasteiger partial charge < -0.3 is 24.8 Å². The molecule has 0 atom stereocenters. The Kier molecular flexibility index (Phi) is 11.6. The van der Waals surface area contributed by atoms with Crippen LogP contribution in [0, 0.1) is 5.92 Å². The van der Waals surface area contributed by atoms with Crippen LogP contribution >= 0.6 is 24.0 Å². The summed E-state index contributed by atoms with van der Waals surface area (Å²) in [5, 5.41) is 6.40. The molecule has 0 unspecified atom stereocenters. The molecule has 1 aromatic rings. The lowest BCUT2D eigenvalue weighted by atomic mass is 10.2. The predicted molar refractivity (Wildman–Crippen MR) is 106 cm³/mol. The first kappa shape index (κ1) is 21.8. The van der Waals surface area contributed by atoms with E-state index in [9.17, 15) is 0 Å². The molecule has 0 saturated heterocycles. The Hall–Kier alpha value is -1.22. The number of rotatable bonds is 8. The molecule has 6 nitrogen and oxygen atoms in total. The van der Waals surface area contributed by atoms with Crippen molar-refractivity contribution >= 4 is 35.6 Å². The van der Waals surface area contributed by atoms with Crippen molar-refractivity contribution in [3.05, 3.63) is 18.2 Å². The molecule has 0 bridgehead atoms. The predicted octanol–water partition coefficient (Wildman–Crippen LogP) is 2.98. The van der Waals surface area contributed by atoms with Gasteiger partial charge in [0.2, 0.25) is 0 Å². The van der Waals surface area contributed by atoms with Gasteiger partial charge in [0.15, 0.2) is 17.5 Å². The van der Waals surface area contributed by atoms with Crippen molar-refractivity contribution in [3.8, 4) is 11.5 Å². The Bertz CT molecular complexity index is 482. The molecule has 0 aliphatic carbocycles. The molecule has 0 radical (unpaired) electrons. The number of methoxy groups -OCH3 is 2. The number of hydrogen-bond acceptors (Lipinski definition) is 4. The average Bonchev–Trinajstić information content (AvgIpc) is 2.52. The van der Waals surface area contributed by atoms with E-state index in [4.69, 9.17) is 14.2 Å². The number of hydrogen-bond donors (Lipinski definition) is 2. The van der Waals surface area contributed by atoms with Crippen molar-refractivity contribution in [2.75, 3.05) is 46.3 Å². The largest absolute Gasteiger partial charge is 0.493 e. The van der Waals surface area contributed by atoms with Crippen molar-refractivity contribution < 1.29 is 14.2 Å². The summed E-state index contributed by atoms with van der Waals surface area (Å²) in [6.07, 6.45) is 0. The van der Waals surface area contributed by atoms with Gasteiger partial charge in [-0.3, -0.25) is 4.99 Å². The first-order valence-electron chi connectivity index (χ1n) is 7.38. The second kappa shape index (κ2) is 12.2. The molecule has 0 aromatic heterocycles. The quantitative estimate of drug-likeness (QED) is 0.284. The lowest BCUT2D eigenvalue weighted by Crippen LogP contribution is -2.33. The van der Waals surface area contributed by atoms with Gasteiger partial charge in [-0.2, -0.15) is 0 Å². The number of anilines is 1. The zero-order valence-corrected chi connectivity index (χ0v) is 16.8. The van der Waals surface area contributed by atoms with E-state index in [0.717, 1.165) is 12.3 Å². The second-order valence-corrected chi connectivity index (χ2v) is 5.16. The number of guanidine groups is 1. The lowest BCUT2D eigenvalue weighted by Gasteiger charge is -2.14. The highest BCUT2D eigenvalue weighted by atomic mass is 127. The van der Waals surface area contributed by atoms with Gasteiger partial charge >= 0.3 is 0 Å². The first-order valence-corrected chi connectivity index (χ1v) is 7.38. The van der Waals surface area contributed by atoms with Crippen molar-refractivity contribution in [1.82, 2.24) is 5.32 Å². The Morgan fingerprint density at radius 2 is 1.87 bits per heavy atom. The smallest absolute Gasteiger partial charge is 0.195 e. The third-order valence-electron chi connectivity index (χ3n) is 2.86. The third kappa shape index (κ3) is 8.26. The topological polar surface area (TPSA) is 64.1 Å². The zero-order valence-electron chi connectivity index (χ0n) is 14.5. The summed E-state index contributed by atoms with van der Waals surface area (Å²) in [4.78, 5) is 4.18. The molecule has 1 rings (SSSR count). The van der Waals surface area contributed by atoms with E-state index < -0.39 is 0 Å². The van der Waals surface area contributed by atoms with Gasteiger partial charge in [0.05, 0.1) is 20.8 Å². The lowest BCUT2D eigenvalue weighted by molar-refractivity contribution is 0.114. The molecule has 0 aliphatic rings. The monoisotopic (exact) mass is 437 g/mol. The molecule has 0 fully saturated rings. The maximum Gasteiger partial charge on any atom is 0.195 e. The van der Waals surface area contributed by atoms with E-state index in [1.807, 2.05) is 18.2 Å². The Morgan fingerprint density at radius 3 is 2.43 bits per heavy atom. The summed E-state index contributed by atoms with van der Waals surface area (Å²) in [7, 11) is 4.95. The van der Waals surface area contributed by atoms with Gasteiger partial charge in [-0.1, -0.05) is 13.8 Å². The SMILES string of the molecule is CN=C(NCCOCC(C)C)Nc1ccc(OC)c(OC)c1.I. The molecule has 0 spiro atoms. The maximum atomic E-state index is 5.53. The molecule has 7 heteroatoms. The van der Waals surface area contributed by atoms with Crippen molar-refractivity contribution in [2.24, 2.45) is 10.9 Å². The molecule has 132 valence electrons. The molecule has 0 aliphatic heterocycles. The normalized spacial score (nSPS) is 11.0. The Labute approximate surface area is 156 Å². The Balaban J connectivity index is 0.00000484. The summed E-state index contributed by atoms with van der Waals surface area (Å²) in [6.45, 7) is 6.36. The summed E-state index contributed by atoms with van der Waals surface area (Å²) in [5.41, 5.74) is 0.869. The second-order valence-electron chi connectivity index (χ2n) is 5.16. The van der Waals surface area contributed by atoms with Crippen molar-refractivity contribution in [1.29, 1.82) is 0 Å². The van der Waals surface area contributed by atoms with Crippen LogP contribution in [0.2, 0.25) is 0 Å². The highest BCUT2D eigenvalue weighted by molar-refractivity contribution is 14.0. The van der Waals surface area contributed by atoms with Gasteiger partial charge in [0, 0.05) is 32.0 Å². The molecular formula is C16H28IN3O3. The molecule has 23 heavy (non-hydrogen) atoms. The van der Waals surface area contributed by atoms with Gasteiger partial charge in [-0.05, 0) is 18.1 Å². The molecule has 2 N–H and O–H groups in total. The minimum atomic E-state index is 0. The van der Waals surface area contributed by atoms with Crippen LogP contribution in [0.5, 0.6) is 11.5 Å². The fourth-order valence-electron chi connectivity index (χ4n) is 1.79. The molecule has 0 amide bonds. The highest BCUT2D eigenvalue weighted by Crippen LogP contribution is 2.29. The number of benzene rings is 1. The summed E-state index contributed by atoms with van der Waals surface area (Å²) in [5.74, 6) is 2.59. The fourth-order valence-corrected chi connectivity index (χ4v) is 1.79. The zero-order chi connectivity index (χ0) is 16.4. The first-order chi connectivity index (χ1) is 10.6. The highest BCUT2D eigenvalue weighted by Gasteiger charge is 2.06. The average molecular weight is 437 g/mol. The number of halogens is 1. The van der Waals surface area contributed by atoms with Gasteiger partial charge in [0.1, 0.15) is 0 Å². The number of aliphatic imine (C=N–C) groups is 1. The standard InChI is InChI=1S/C16H27N3O3.HI/c1-12(2)11-22-9-8-18-16(17-3)19-13-6-7-14(20-4)15(10-13)21-5;/h6-7,10,12H,8-9,11H2,1-5H3,(H2,17,18,19);1H. The molecule has 0 heterocycles. The van der Waals surface area contributed by atoms with Gasteiger partial charge in [-0.25, -0.2) is 0 Å². The van der Waals surface area contributed by atoms with Crippen LogP contribution in [0.1, 0.15) is 13.8 Å². The number of nitrogens with one attached hydrogen (secondary N) is 2. The van der Waals surface area contributed by atoms with E-state index >= 15 is 0 Å². The van der Waals surface area contributed by atoms with Gasteiger partial charge in [0.25, 0.3) is 0 Å². The maximum absolute atomic E-state index is 5.53. The van der Waals surface area contributed by atoms with Crippen LogP contribution in [-0.2, 0) is 4.74 Å². The Morgan fingerprint density at radius 1 is 1.17 bits per heavy atom. The number of nitrogens with zero attached hydrogens (tertiary/aromatic N) is 1. The van der Waals surface area contributed by atoms with E-state index in [1.54, 1.807) is 21.3 Å². The minimum absolute atomic E-state index is 0. The summed E-state index contributed by atoms with van der Waals surface area (Å²) < 4.78 is 16.0. The molecule has 1 aromatic carbocycles. The van der Waals surface area contributed by atoms with E-state index in [-0.39, 0.29) is 24.0 Å². The van der Waals surface area contributed by atoms with E-state index in [2.05, 4.69) is 29.5 Å². The van der Waals surface area contributed by atoms with Crippen LogP contribution in [0.15, 0.2) is 23.2 Å². The van der Waals surface area contributed by atoms with Crippen molar-refractivity contribution in [3.63, 3.8) is 0 Å². The van der Waals surface area contributed by atoms with Crippen molar-refractivity contribution in [2.45, 2.75) is 13.8 Å². The number of ether oxygens (including phenoxy) is 3. The third-order valence-corrected chi connectivity index (χ3v) is 2.86. The minimum Gasteiger partial charge on any atom is -0.493 e.